The molecular formula is C20H18ClFN2O4. The van der Waals surface area contributed by atoms with Crippen molar-refractivity contribution in [1.82, 2.24) is 0 Å². The number of carbonyl (C=O) groups excluding carboxylic acids is 3. The summed E-state index contributed by atoms with van der Waals surface area (Å²) in [6.45, 7) is 2.08. The van der Waals surface area contributed by atoms with E-state index in [4.69, 9.17) is 16.3 Å². The summed E-state index contributed by atoms with van der Waals surface area (Å²) in [5.41, 5.74) is 1.20. The third-order valence-electron chi connectivity index (χ3n) is 4.33. The van der Waals surface area contributed by atoms with Crippen LogP contribution in [0.2, 0.25) is 5.02 Å². The Bertz CT molecular complexity index is 917. The van der Waals surface area contributed by atoms with E-state index in [0.29, 0.717) is 13.0 Å². The van der Waals surface area contributed by atoms with Crippen molar-refractivity contribution in [3.05, 3.63) is 58.9 Å². The molecule has 1 atom stereocenters. The first kappa shape index (κ1) is 19.8. The fourth-order valence-electron chi connectivity index (χ4n) is 2.81. The van der Waals surface area contributed by atoms with Gasteiger partial charge in [-0.2, -0.15) is 0 Å². The lowest BCUT2D eigenvalue weighted by Gasteiger charge is -2.16. The molecule has 1 saturated heterocycles. The van der Waals surface area contributed by atoms with Gasteiger partial charge in [-0.3, -0.25) is 9.59 Å². The second kappa shape index (κ2) is 8.39. The highest BCUT2D eigenvalue weighted by atomic mass is 35.5. The van der Waals surface area contributed by atoms with Crippen LogP contribution in [0.25, 0.3) is 0 Å². The Kier molecular flexibility index (Phi) is 5.94. The van der Waals surface area contributed by atoms with Gasteiger partial charge in [0.1, 0.15) is 5.82 Å². The number of benzene rings is 2. The molecule has 2 amide bonds. The predicted octanol–water partition coefficient (Wildman–Crippen LogP) is 3.79. The number of ether oxygens (including phenoxy) is 1. The minimum atomic E-state index is -1.09. The highest BCUT2D eigenvalue weighted by Crippen LogP contribution is 2.23. The number of hydrogen-bond donors (Lipinski definition) is 1. The van der Waals surface area contributed by atoms with Crippen molar-refractivity contribution in [1.29, 1.82) is 0 Å². The third-order valence-corrected chi connectivity index (χ3v) is 4.64. The van der Waals surface area contributed by atoms with Crippen molar-refractivity contribution in [2.24, 2.45) is 0 Å². The van der Waals surface area contributed by atoms with E-state index in [0.717, 1.165) is 24.2 Å². The Morgan fingerprint density at radius 1 is 1.21 bits per heavy atom. The fourth-order valence-corrected chi connectivity index (χ4v) is 3.02. The SMILES string of the molecule is CC(OC(=O)c1ccc(N2CCCC2=O)cc1)C(=O)Nc1ccc(F)cc1Cl. The molecule has 0 aliphatic carbocycles. The van der Waals surface area contributed by atoms with Gasteiger partial charge in [-0.05, 0) is 55.8 Å². The van der Waals surface area contributed by atoms with Crippen molar-refractivity contribution in [2.45, 2.75) is 25.9 Å². The van der Waals surface area contributed by atoms with Gasteiger partial charge in [0.25, 0.3) is 5.91 Å². The summed E-state index contributed by atoms with van der Waals surface area (Å²) in [4.78, 5) is 37.9. The minimum Gasteiger partial charge on any atom is -0.449 e. The summed E-state index contributed by atoms with van der Waals surface area (Å²) in [7, 11) is 0. The van der Waals surface area contributed by atoms with E-state index in [9.17, 15) is 18.8 Å². The number of nitrogens with one attached hydrogen (secondary N) is 1. The Morgan fingerprint density at radius 3 is 2.54 bits per heavy atom. The summed E-state index contributed by atoms with van der Waals surface area (Å²) in [6, 6.07) is 9.98. The Labute approximate surface area is 166 Å². The highest BCUT2D eigenvalue weighted by molar-refractivity contribution is 6.33. The first-order valence-corrected chi connectivity index (χ1v) is 9.10. The Morgan fingerprint density at radius 2 is 1.93 bits per heavy atom. The van der Waals surface area contributed by atoms with Gasteiger partial charge in [-0.15, -0.1) is 0 Å². The number of amides is 2. The number of nitrogens with zero attached hydrogens (tertiary/aromatic N) is 1. The maximum absolute atomic E-state index is 13.1. The molecule has 1 N–H and O–H groups in total. The molecule has 0 saturated carbocycles. The van der Waals surface area contributed by atoms with Gasteiger partial charge in [0, 0.05) is 18.7 Å². The minimum absolute atomic E-state index is 0.0407. The van der Waals surface area contributed by atoms with E-state index in [1.54, 1.807) is 29.2 Å². The normalized spacial score (nSPS) is 14.7. The van der Waals surface area contributed by atoms with Crippen LogP contribution >= 0.6 is 11.6 Å². The maximum atomic E-state index is 13.1. The van der Waals surface area contributed by atoms with Crippen molar-refractivity contribution >= 4 is 40.8 Å². The van der Waals surface area contributed by atoms with Crippen molar-refractivity contribution in [3.8, 4) is 0 Å². The van der Waals surface area contributed by atoms with Gasteiger partial charge in [0.05, 0.1) is 16.3 Å². The molecule has 1 heterocycles. The second-order valence-electron chi connectivity index (χ2n) is 6.36. The van der Waals surface area contributed by atoms with Crippen LogP contribution in [0.4, 0.5) is 15.8 Å². The molecule has 2 aromatic carbocycles. The number of esters is 1. The summed E-state index contributed by atoms with van der Waals surface area (Å²) >= 11 is 5.87. The van der Waals surface area contributed by atoms with Gasteiger partial charge in [-0.1, -0.05) is 11.6 Å². The molecular weight excluding hydrogens is 387 g/mol. The number of hydrogen-bond acceptors (Lipinski definition) is 4. The third kappa shape index (κ3) is 4.48. The number of rotatable bonds is 5. The summed E-state index contributed by atoms with van der Waals surface area (Å²) in [5, 5.41) is 2.53. The van der Waals surface area contributed by atoms with Crippen molar-refractivity contribution in [3.63, 3.8) is 0 Å². The van der Waals surface area contributed by atoms with E-state index >= 15 is 0 Å². The molecule has 28 heavy (non-hydrogen) atoms. The topological polar surface area (TPSA) is 75.7 Å². The number of anilines is 2. The standard InChI is InChI=1S/C20H18ClFN2O4/c1-12(19(26)23-17-9-6-14(22)11-16(17)21)28-20(27)13-4-7-15(8-5-13)24-10-2-3-18(24)25/h4-9,11-12H,2-3,10H2,1H3,(H,23,26). The monoisotopic (exact) mass is 404 g/mol. The predicted molar refractivity (Wildman–Crippen MR) is 103 cm³/mol. The van der Waals surface area contributed by atoms with E-state index < -0.39 is 23.8 Å². The van der Waals surface area contributed by atoms with Crippen LogP contribution in [-0.2, 0) is 14.3 Å². The van der Waals surface area contributed by atoms with E-state index in [2.05, 4.69) is 5.32 Å². The van der Waals surface area contributed by atoms with Crippen LogP contribution in [0.3, 0.4) is 0 Å². The molecule has 1 fully saturated rings. The molecule has 1 aliphatic rings. The van der Waals surface area contributed by atoms with E-state index in [1.807, 2.05) is 0 Å². The molecule has 1 aliphatic heterocycles. The average Bonchev–Trinajstić information content (AvgIpc) is 3.10. The van der Waals surface area contributed by atoms with Gasteiger partial charge < -0.3 is 15.0 Å². The van der Waals surface area contributed by atoms with Crippen LogP contribution in [0.15, 0.2) is 42.5 Å². The first-order chi connectivity index (χ1) is 13.3. The van der Waals surface area contributed by atoms with Gasteiger partial charge in [0.2, 0.25) is 5.91 Å². The van der Waals surface area contributed by atoms with Crippen molar-refractivity contribution < 1.29 is 23.5 Å². The lowest BCUT2D eigenvalue weighted by atomic mass is 10.2. The van der Waals surface area contributed by atoms with Crippen LogP contribution in [0.1, 0.15) is 30.1 Å². The van der Waals surface area contributed by atoms with E-state index in [1.165, 1.54) is 13.0 Å². The quantitative estimate of drug-likeness (QED) is 0.769. The second-order valence-corrected chi connectivity index (χ2v) is 6.76. The van der Waals surface area contributed by atoms with Gasteiger partial charge >= 0.3 is 5.97 Å². The zero-order valence-corrected chi connectivity index (χ0v) is 15.8. The molecule has 0 bridgehead atoms. The lowest BCUT2D eigenvalue weighted by molar-refractivity contribution is -0.123. The lowest BCUT2D eigenvalue weighted by Crippen LogP contribution is -2.30. The summed E-state index contributed by atoms with van der Waals surface area (Å²) in [5.74, 6) is -1.74. The highest BCUT2D eigenvalue weighted by Gasteiger charge is 2.23. The average molecular weight is 405 g/mol. The summed E-state index contributed by atoms with van der Waals surface area (Å²) in [6.07, 6.45) is 0.246. The molecule has 3 rings (SSSR count). The fraction of sp³-hybridized carbons (Fsp3) is 0.250. The van der Waals surface area contributed by atoms with Gasteiger partial charge in [0.15, 0.2) is 6.10 Å². The molecule has 8 heteroatoms. The molecule has 0 aromatic heterocycles. The van der Waals surface area contributed by atoms with Crippen molar-refractivity contribution in [2.75, 3.05) is 16.8 Å². The molecule has 0 spiro atoms. The molecule has 0 radical (unpaired) electrons. The van der Waals surface area contributed by atoms with Crippen LogP contribution in [0.5, 0.6) is 0 Å². The first-order valence-electron chi connectivity index (χ1n) is 8.72. The van der Waals surface area contributed by atoms with Crippen LogP contribution in [0, 0.1) is 5.82 Å². The Balaban J connectivity index is 1.60. The molecule has 1 unspecified atom stereocenters. The molecule has 2 aromatic rings. The molecule has 146 valence electrons. The molecule has 6 nitrogen and oxygen atoms in total. The van der Waals surface area contributed by atoms with Crippen LogP contribution in [-0.4, -0.2) is 30.4 Å². The smallest absolute Gasteiger partial charge is 0.338 e. The number of carbonyl (C=O) groups is 3. The Hall–Kier alpha value is -2.93. The van der Waals surface area contributed by atoms with Crippen LogP contribution < -0.4 is 10.2 Å². The maximum Gasteiger partial charge on any atom is 0.338 e. The number of halogens is 2. The van der Waals surface area contributed by atoms with Gasteiger partial charge in [-0.25, -0.2) is 9.18 Å². The van der Waals surface area contributed by atoms with E-state index in [-0.39, 0.29) is 22.2 Å². The largest absolute Gasteiger partial charge is 0.449 e. The summed E-state index contributed by atoms with van der Waals surface area (Å²) < 4.78 is 18.2. The zero-order valence-electron chi connectivity index (χ0n) is 15.1. The zero-order chi connectivity index (χ0) is 20.3.